The van der Waals surface area contributed by atoms with E-state index in [9.17, 15) is 4.79 Å². The molecule has 1 aliphatic heterocycles. The molecule has 0 radical (unpaired) electrons. The Labute approximate surface area is 105 Å². The third-order valence-corrected chi connectivity index (χ3v) is 2.98. The van der Waals surface area contributed by atoms with Crippen LogP contribution in [0.2, 0.25) is 0 Å². The number of hydrogen-bond donors (Lipinski definition) is 2. The molecule has 1 fully saturated rings. The fourth-order valence-electron chi connectivity index (χ4n) is 2.17. The van der Waals surface area contributed by atoms with Crippen LogP contribution in [0.5, 0.6) is 0 Å². The van der Waals surface area contributed by atoms with Crippen molar-refractivity contribution in [2.24, 2.45) is 5.92 Å². The van der Waals surface area contributed by atoms with Crippen molar-refractivity contribution in [2.45, 2.75) is 52.0 Å². The Morgan fingerprint density at radius 2 is 2.31 bits per heavy atom. The van der Waals surface area contributed by atoms with Crippen LogP contribution in [-0.4, -0.2) is 25.0 Å². The van der Waals surface area contributed by atoms with Gasteiger partial charge in [0, 0.05) is 19.0 Å². The molecule has 0 aliphatic carbocycles. The van der Waals surface area contributed by atoms with Crippen LogP contribution in [0.25, 0.3) is 0 Å². The van der Waals surface area contributed by atoms with Gasteiger partial charge in [-0.25, -0.2) is 0 Å². The molecular formula is C12H25ClN2O. The van der Waals surface area contributed by atoms with E-state index in [2.05, 4.69) is 24.5 Å². The standard InChI is InChI=1S/C12H24N2O.ClH/c1-3-5-10(2)8-12(15)14-11-6-4-7-13-9-11;/h10-11,13H,3-9H2,1-2H3,(H,14,15);1H. The van der Waals surface area contributed by atoms with E-state index in [1.54, 1.807) is 0 Å². The van der Waals surface area contributed by atoms with E-state index in [0.717, 1.165) is 25.9 Å². The van der Waals surface area contributed by atoms with Crippen molar-refractivity contribution in [3.63, 3.8) is 0 Å². The Balaban J connectivity index is 0.00000225. The first kappa shape index (κ1) is 15.7. The molecule has 2 N–H and O–H groups in total. The van der Waals surface area contributed by atoms with Crippen LogP contribution < -0.4 is 10.6 Å². The molecule has 0 aromatic carbocycles. The molecule has 1 heterocycles. The Morgan fingerprint density at radius 1 is 1.56 bits per heavy atom. The van der Waals surface area contributed by atoms with Gasteiger partial charge >= 0.3 is 0 Å². The SMILES string of the molecule is CCCC(C)CC(=O)NC1CCCNC1.Cl. The predicted molar refractivity (Wildman–Crippen MR) is 70.0 cm³/mol. The fourth-order valence-corrected chi connectivity index (χ4v) is 2.17. The number of halogens is 1. The summed E-state index contributed by atoms with van der Waals surface area (Å²) in [7, 11) is 0. The lowest BCUT2D eigenvalue weighted by Gasteiger charge is -2.24. The molecule has 16 heavy (non-hydrogen) atoms. The van der Waals surface area contributed by atoms with Crippen LogP contribution in [-0.2, 0) is 4.79 Å². The van der Waals surface area contributed by atoms with Gasteiger partial charge in [0.1, 0.15) is 0 Å². The predicted octanol–water partition coefficient (Wildman–Crippen LogP) is 2.10. The van der Waals surface area contributed by atoms with E-state index in [1.807, 2.05) is 0 Å². The molecular weight excluding hydrogens is 224 g/mol. The molecule has 0 aromatic heterocycles. The zero-order valence-corrected chi connectivity index (χ0v) is 11.2. The molecule has 0 saturated carbocycles. The summed E-state index contributed by atoms with van der Waals surface area (Å²) in [4.78, 5) is 11.7. The van der Waals surface area contributed by atoms with Crippen molar-refractivity contribution >= 4 is 18.3 Å². The van der Waals surface area contributed by atoms with Gasteiger partial charge in [-0.15, -0.1) is 12.4 Å². The molecule has 0 spiro atoms. The highest BCUT2D eigenvalue weighted by Crippen LogP contribution is 2.10. The molecule has 2 atom stereocenters. The van der Waals surface area contributed by atoms with Crippen molar-refractivity contribution in [3.8, 4) is 0 Å². The van der Waals surface area contributed by atoms with Crippen LogP contribution in [0.1, 0.15) is 46.0 Å². The maximum atomic E-state index is 11.7. The van der Waals surface area contributed by atoms with Gasteiger partial charge in [0.15, 0.2) is 0 Å². The Hall–Kier alpha value is -0.280. The summed E-state index contributed by atoms with van der Waals surface area (Å²) in [6.45, 7) is 6.36. The first-order chi connectivity index (χ1) is 7.22. The topological polar surface area (TPSA) is 41.1 Å². The van der Waals surface area contributed by atoms with Gasteiger partial charge in [0.05, 0.1) is 0 Å². The Morgan fingerprint density at radius 3 is 2.88 bits per heavy atom. The minimum atomic E-state index is 0. The summed E-state index contributed by atoms with van der Waals surface area (Å²) in [6.07, 6.45) is 5.30. The monoisotopic (exact) mass is 248 g/mol. The average molecular weight is 249 g/mol. The summed E-state index contributed by atoms with van der Waals surface area (Å²) >= 11 is 0. The van der Waals surface area contributed by atoms with E-state index in [4.69, 9.17) is 0 Å². The lowest BCUT2D eigenvalue weighted by Crippen LogP contribution is -2.45. The largest absolute Gasteiger partial charge is 0.352 e. The number of amides is 1. The number of hydrogen-bond acceptors (Lipinski definition) is 2. The van der Waals surface area contributed by atoms with E-state index in [0.29, 0.717) is 18.4 Å². The maximum Gasteiger partial charge on any atom is 0.220 e. The minimum absolute atomic E-state index is 0. The summed E-state index contributed by atoms with van der Waals surface area (Å²) in [5, 5.41) is 6.41. The molecule has 0 aromatic rings. The van der Waals surface area contributed by atoms with Gasteiger partial charge < -0.3 is 10.6 Å². The van der Waals surface area contributed by atoms with E-state index >= 15 is 0 Å². The highest BCUT2D eigenvalue weighted by atomic mass is 35.5. The molecule has 1 amide bonds. The van der Waals surface area contributed by atoms with Crippen LogP contribution in [0.3, 0.4) is 0 Å². The van der Waals surface area contributed by atoms with Crippen molar-refractivity contribution < 1.29 is 4.79 Å². The van der Waals surface area contributed by atoms with Gasteiger partial charge in [0.2, 0.25) is 5.91 Å². The molecule has 96 valence electrons. The Bertz CT molecular complexity index is 193. The summed E-state index contributed by atoms with van der Waals surface area (Å²) < 4.78 is 0. The van der Waals surface area contributed by atoms with E-state index in [-0.39, 0.29) is 18.3 Å². The van der Waals surface area contributed by atoms with Crippen molar-refractivity contribution in [1.82, 2.24) is 10.6 Å². The molecule has 3 nitrogen and oxygen atoms in total. The molecule has 1 saturated heterocycles. The third-order valence-electron chi connectivity index (χ3n) is 2.98. The number of carbonyl (C=O) groups excluding carboxylic acids is 1. The highest BCUT2D eigenvalue weighted by Gasteiger charge is 2.16. The maximum absolute atomic E-state index is 11.7. The zero-order valence-electron chi connectivity index (χ0n) is 10.4. The van der Waals surface area contributed by atoms with E-state index in [1.165, 1.54) is 12.8 Å². The minimum Gasteiger partial charge on any atom is -0.352 e. The van der Waals surface area contributed by atoms with Crippen LogP contribution in [0, 0.1) is 5.92 Å². The summed E-state index contributed by atoms with van der Waals surface area (Å²) in [6, 6.07) is 0.361. The van der Waals surface area contributed by atoms with Crippen molar-refractivity contribution in [1.29, 1.82) is 0 Å². The average Bonchev–Trinajstić information content (AvgIpc) is 2.19. The first-order valence-corrected chi connectivity index (χ1v) is 6.22. The van der Waals surface area contributed by atoms with Crippen molar-refractivity contribution in [2.75, 3.05) is 13.1 Å². The molecule has 1 aliphatic rings. The first-order valence-electron chi connectivity index (χ1n) is 6.22. The highest BCUT2D eigenvalue weighted by molar-refractivity contribution is 5.85. The third kappa shape index (κ3) is 6.33. The van der Waals surface area contributed by atoms with Crippen LogP contribution >= 0.6 is 12.4 Å². The van der Waals surface area contributed by atoms with E-state index < -0.39 is 0 Å². The lowest BCUT2D eigenvalue weighted by molar-refractivity contribution is -0.122. The van der Waals surface area contributed by atoms with Gasteiger partial charge in [-0.1, -0.05) is 26.7 Å². The smallest absolute Gasteiger partial charge is 0.220 e. The Kier molecular flexibility index (Phi) is 8.67. The quantitative estimate of drug-likeness (QED) is 0.783. The summed E-state index contributed by atoms with van der Waals surface area (Å²) in [5.41, 5.74) is 0. The molecule has 2 unspecified atom stereocenters. The lowest BCUT2D eigenvalue weighted by atomic mass is 10.0. The second-order valence-corrected chi connectivity index (χ2v) is 4.71. The fraction of sp³-hybridized carbons (Fsp3) is 0.917. The second-order valence-electron chi connectivity index (χ2n) is 4.71. The summed E-state index contributed by atoms with van der Waals surface area (Å²) in [5.74, 6) is 0.746. The number of nitrogens with one attached hydrogen (secondary N) is 2. The second kappa shape index (κ2) is 8.82. The number of carbonyl (C=O) groups is 1. The molecule has 4 heteroatoms. The van der Waals surface area contributed by atoms with Crippen LogP contribution in [0.4, 0.5) is 0 Å². The van der Waals surface area contributed by atoms with Crippen molar-refractivity contribution in [3.05, 3.63) is 0 Å². The van der Waals surface area contributed by atoms with Crippen LogP contribution in [0.15, 0.2) is 0 Å². The molecule has 1 rings (SSSR count). The zero-order chi connectivity index (χ0) is 11.1. The van der Waals surface area contributed by atoms with Gasteiger partial charge in [0.25, 0.3) is 0 Å². The molecule has 0 bridgehead atoms. The van der Waals surface area contributed by atoms with Gasteiger partial charge in [-0.05, 0) is 25.3 Å². The van der Waals surface area contributed by atoms with Gasteiger partial charge in [-0.3, -0.25) is 4.79 Å². The van der Waals surface area contributed by atoms with Gasteiger partial charge in [-0.2, -0.15) is 0 Å². The number of piperidine rings is 1. The normalized spacial score (nSPS) is 22.0. The number of rotatable bonds is 5.